The number of rotatable bonds is 7. The second-order valence-corrected chi connectivity index (χ2v) is 16.2. The van der Waals surface area contributed by atoms with Crippen LogP contribution in [-0.2, 0) is 0 Å². The van der Waals surface area contributed by atoms with Crippen LogP contribution in [0.4, 0.5) is 5.69 Å². The van der Waals surface area contributed by atoms with Gasteiger partial charge < -0.3 is 0 Å². The lowest BCUT2D eigenvalue weighted by Gasteiger charge is -2.15. The third-order valence-electron chi connectivity index (χ3n) is 12.5. The Kier molecular flexibility index (Phi) is 8.84. The summed E-state index contributed by atoms with van der Waals surface area (Å²) in [4.78, 5) is 19.5. The molecule has 0 N–H and O–H groups in total. The van der Waals surface area contributed by atoms with Crippen molar-refractivity contribution in [1.82, 2.24) is 15.0 Å². The van der Waals surface area contributed by atoms with E-state index in [1.165, 1.54) is 38.6 Å². The molecule has 11 aromatic rings. The van der Waals surface area contributed by atoms with Crippen molar-refractivity contribution >= 4 is 27.2 Å². The molecule has 0 saturated carbocycles. The molecular formula is C60H36N4. The Hall–Kier alpha value is -8.78. The first kappa shape index (κ1) is 37.0. The van der Waals surface area contributed by atoms with Gasteiger partial charge in [0.15, 0.2) is 17.5 Å². The Morgan fingerprint density at radius 1 is 0.281 bits per heavy atom. The molecule has 1 aliphatic carbocycles. The van der Waals surface area contributed by atoms with E-state index in [0.717, 1.165) is 66.4 Å². The molecule has 0 amide bonds. The predicted octanol–water partition coefficient (Wildman–Crippen LogP) is 16.0. The van der Waals surface area contributed by atoms with Crippen molar-refractivity contribution in [1.29, 1.82) is 0 Å². The topological polar surface area (TPSA) is 43.0 Å². The summed E-state index contributed by atoms with van der Waals surface area (Å²) in [6.45, 7) is 8.58. The number of hydrogen-bond acceptors (Lipinski definition) is 3. The number of nitrogens with zero attached hydrogens (tertiary/aromatic N) is 4. The molecule has 1 heterocycles. The van der Waals surface area contributed by atoms with Gasteiger partial charge in [-0.05, 0) is 107 Å². The molecule has 0 aliphatic heterocycles. The lowest BCUT2D eigenvalue weighted by Crippen LogP contribution is -2.01. The van der Waals surface area contributed by atoms with Crippen molar-refractivity contribution in [3.8, 4) is 101 Å². The van der Waals surface area contributed by atoms with E-state index >= 15 is 0 Å². The molecule has 4 heteroatoms. The van der Waals surface area contributed by atoms with Crippen molar-refractivity contribution in [3.63, 3.8) is 0 Å². The first-order valence-electron chi connectivity index (χ1n) is 21.5. The summed E-state index contributed by atoms with van der Waals surface area (Å²) in [6, 6.07) is 76.1. The molecule has 4 nitrogen and oxygen atoms in total. The van der Waals surface area contributed by atoms with Crippen LogP contribution in [0.15, 0.2) is 218 Å². The maximum Gasteiger partial charge on any atom is 0.202 e. The Morgan fingerprint density at radius 2 is 0.766 bits per heavy atom. The van der Waals surface area contributed by atoms with Gasteiger partial charge in [0, 0.05) is 16.7 Å². The molecule has 0 fully saturated rings. The van der Waals surface area contributed by atoms with Crippen LogP contribution in [0.2, 0.25) is 0 Å². The van der Waals surface area contributed by atoms with Gasteiger partial charge >= 0.3 is 0 Å². The Morgan fingerprint density at radius 3 is 1.50 bits per heavy atom. The quantitative estimate of drug-likeness (QED) is 0.151. The molecule has 1 aromatic heterocycles. The number of para-hydroxylation sites is 1. The summed E-state index contributed by atoms with van der Waals surface area (Å²) in [5.41, 5.74) is 16.5. The summed E-state index contributed by atoms with van der Waals surface area (Å²) < 4.78 is 0. The van der Waals surface area contributed by atoms with Gasteiger partial charge in [0.2, 0.25) is 5.69 Å². The Bertz CT molecular complexity index is 3690. The molecule has 0 bridgehead atoms. The van der Waals surface area contributed by atoms with E-state index in [0.29, 0.717) is 23.2 Å². The maximum absolute atomic E-state index is 8.58. The van der Waals surface area contributed by atoms with Crippen LogP contribution < -0.4 is 0 Å². The van der Waals surface area contributed by atoms with E-state index in [1.54, 1.807) is 0 Å². The molecule has 64 heavy (non-hydrogen) atoms. The molecule has 0 atom stereocenters. The van der Waals surface area contributed by atoms with Crippen LogP contribution in [0, 0.1) is 6.57 Å². The molecule has 12 rings (SSSR count). The van der Waals surface area contributed by atoms with Crippen molar-refractivity contribution in [3.05, 3.63) is 230 Å². The van der Waals surface area contributed by atoms with Crippen molar-refractivity contribution in [2.24, 2.45) is 0 Å². The van der Waals surface area contributed by atoms with E-state index in [1.807, 2.05) is 36.4 Å². The van der Waals surface area contributed by atoms with Gasteiger partial charge in [-0.2, -0.15) is 0 Å². The molecule has 296 valence electrons. The highest BCUT2D eigenvalue weighted by Crippen LogP contribution is 2.51. The van der Waals surface area contributed by atoms with Crippen molar-refractivity contribution in [2.75, 3.05) is 0 Å². The normalized spacial score (nSPS) is 11.4. The second kappa shape index (κ2) is 15.3. The zero-order valence-electron chi connectivity index (χ0n) is 34.6. The molecule has 0 unspecified atom stereocenters. The molecule has 0 saturated heterocycles. The fraction of sp³-hybridized carbons (Fsp3) is 0. The minimum absolute atomic E-state index is 0.589. The van der Waals surface area contributed by atoms with Crippen LogP contribution in [0.3, 0.4) is 0 Å². The first-order valence-corrected chi connectivity index (χ1v) is 21.5. The lowest BCUT2D eigenvalue weighted by atomic mass is 9.90. The highest BCUT2D eigenvalue weighted by atomic mass is 15.0. The lowest BCUT2D eigenvalue weighted by molar-refractivity contribution is 1.07. The van der Waals surface area contributed by atoms with Gasteiger partial charge in [0.05, 0.1) is 6.57 Å². The largest absolute Gasteiger partial charge is 0.237 e. The first-order chi connectivity index (χ1) is 31.7. The summed E-state index contributed by atoms with van der Waals surface area (Å²) in [6.07, 6.45) is 0. The van der Waals surface area contributed by atoms with Gasteiger partial charge in [0.25, 0.3) is 0 Å². The van der Waals surface area contributed by atoms with Crippen LogP contribution >= 0.6 is 0 Å². The Balaban J connectivity index is 0.946. The predicted molar refractivity (Wildman–Crippen MR) is 264 cm³/mol. The molecule has 0 radical (unpaired) electrons. The van der Waals surface area contributed by atoms with Gasteiger partial charge in [0.1, 0.15) is 0 Å². The summed E-state index contributed by atoms with van der Waals surface area (Å²) in [7, 11) is 0. The summed E-state index contributed by atoms with van der Waals surface area (Å²) in [5.74, 6) is 1.81. The number of fused-ring (bicyclic) bond motifs is 4. The smallest absolute Gasteiger partial charge is 0.202 e. The fourth-order valence-corrected chi connectivity index (χ4v) is 9.50. The Labute approximate surface area is 371 Å². The van der Waals surface area contributed by atoms with E-state index in [-0.39, 0.29) is 0 Å². The van der Waals surface area contributed by atoms with Gasteiger partial charge in [-0.15, -0.1) is 0 Å². The van der Waals surface area contributed by atoms with Crippen molar-refractivity contribution < 1.29 is 0 Å². The van der Waals surface area contributed by atoms with Gasteiger partial charge in [-0.25, -0.2) is 19.8 Å². The van der Waals surface area contributed by atoms with E-state index in [2.05, 4.69) is 187 Å². The van der Waals surface area contributed by atoms with Crippen LogP contribution in [0.1, 0.15) is 0 Å². The third kappa shape index (κ3) is 6.26. The number of hydrogen-bond donors (Lipinski definition) is 0. The zero-order chi connectivity index (χ0) is 42.6. The van der Waals surface area contributed by atoms with Crippen LogP contribution in [-0.4, -0.2) is 15.0 Å². The summed E-state index contributed by atoms with van der Waals surface area (Å²) >= 11 is 0. The minimum Gasteiger partial charge on any atom is -0.237 e. The highest BCUT2D eigenvalue weighted by molar-refractivity contribution is 6.19. The minimum atomic E-state index is 0.589. The highest BCUT2D eigenvalue weighted by Gasteiger charge is 2.25. The summed E-state index contributed by atoms with van der Waals surface area (Å²) in [5, 5.41) is 4.83. The monoisotopic (exact) mass is 812 g/mol. The molecule has 10 aromatic carbocycles. The SMILES string of the molecule is [C-]#[N+]c1c(-c2cccc(-c3ccccc3-c3nc(-c4ccccc4)nc(-c4ccc5ccccc5c4)n3)c2)cccc1-c1cccc(-c2ccc3cccc4c3c2-c2ccccc2-4)c1. The van der Waals surface area contributed by atoms with E-state index < -0.39 is 0 Å². The van der Waals surface area contributed by atoms with E-state index in [4.69, 9.17) is 21.5 Å². The fourth-order valence-electron chi connectivity index (χ4n) is 9.50. The van der Waals surface area contributed by atoms with E-state index in [9.17, 15) is 0 Å². The average Bonchev–Trinajstić information content (AvgIpc) is 3.71. The van der Waals surface area contributed by atoms with Crippen LogP contribution in [0.5, 0.6) is 0 Å². The zero-order valence-corrected chi connectivity index (χ0v) is 34.6. The van der Waals surface area contributed by atoms with Crippen molar-refractivity contribution in [2.45, 2.75) is 0 Å². The molecule has 1 aliphatic rings. The van der Waals surface area contributed by atoms with Crippen LogP contribution in [0.25, 0.3) is 127 Å². The van der Waals surface area contributed by atoms with Gasteiger partial charge in [-0.3, -0.25) is 0 Å². The standard InChI is InChI=1S/C60H36N4/c1-61-57-49(28-14-29-50(57)45-23-12-21-43(37-45)48-34-33-39-19-13-30-52-51-25-8-9-26-53(51)56(48)55(39)52)44-22-11-20-42(36-44)47-24-7-10-27-54(47)60-63-58(40-16-3-2-4-17-40)62-59(64-60)46-32-31-38-15-5-6-18-41(38)35-46/h2-37H. The number of aromatic nitrogens is 3. The molecular weight excluding hydrogens is 777 g/mol. The molecule has 0 spiro atoms. The maximum atomic E-state index is 8.58. The number of benzene rings is 10. The van der Waals surface area contributed by atoms with Gasteiger partial charge in [-0.1, -0.05) is 200 Å². The average molecular weight is 813 g/mol. The third-order valence-corrected chi connectivity index (χ3v) is 12.5. The second-order valence-electron chi connectivity index (χ2n) is 16.2.